The number of ether oxygens (including phenoxy) is 1. The molecule has 2 amide bonds. The molecule has 4 rings (SSSR count). The number of carbonyl (C=O) groups excluding carboxylic acids is 2. The van der Waals surface area contributed by atoms with Crippen LogP contribution in [0.3, 0.4) is 0 Å². The highest BCUT2D eigenvalue weighted by Crippen LogP contribution is 2.35. The summed E-state index contributed by atoms with van der Waals surface area (Å²) in [5.41, 5.74) is 1.47. The largest absolute Gasteiger partial charge is 0.486 e. The molecule has 39 heavy (non-hydrogen) atoms. The van der Waals surface area contributed by atoms with Gasteiger partial charge in [0.15, 0.2) is 5.75 Å². The molecule has 1 aliphatic heterocycles. The van der Waals surface area contributed by atoms with Crippen molar-refractivity contribution in [3.63, 3.8) is 0 Å². The van der Waals surface area contributed by atoms with Crippen LogP contribution in [0.15, 0.2) is 46.0 Å². The molecule has 3 heterocycles. The number of rotatable bonds is 8. The SMILES string of the molecule is Cc1cc(C(=O)Nc2cccc3c2O[C@@H](CN(C)S(=O)(=O)c2cccs2)[C@@H](C)CN([C@@H](C)CO)C3=O)n(C)n1. The van der Waals surface area contributed by atoms with Crippen LogP contribution in [0, 0.1) is 12.8 Å². The number of hydrogen-bond donors (Lipinski definition) is 2. The van der Waals surface area contributed by atoms with Gasteiger partial charge in [-0.15, -0.1) is 11.3 Å². The summed E-state index contributed by atoms with van der Waals surface area (Å²) in [6, 6.07) is 9.24. The summed E-state index contributed by atoms with van der Waals surface area (Å²) >= 11 is 1.13. The number of hydrogen-bond acceptors (Lipinski definition) is 8. The maximum absolute atomic E-state index is 13.6. The first-order chi connectivity index (χ1) is 18.4. The topological polar surface area (TPSA) is 134 Å². The van der Waals surface area contributed by atoms with Gasteiger partial charge in [0, 0.05) is 26.6 Å². The second-order valence-electron chi connectivity index (χ2n) is 9.77. The number of aliphatic hydroxyl groups is 1. The number of benzene rings is 1. The number of carbonyl (C=O) groups is 2. The number of para-hydroxylation sites is 1. The van der Waals surface area contributed by atoms with Crippen molar-refractivity contribution in [3.8, 4) is 5.75 Å². The van der Waals surface area contributed by atoms with Gasteiger partial charge in [-0.25, -0.2) is 8.42 Å². The van der Waals surface area contributed by atoms with Crippen LogP contribution in [0.5, 0.6) is 5.75 Å². The van der Waals surface area contributed by atoms with Crippen molar-refractivity contribution in [1.82, 2.24) is 19.0 Å². The molecule has 210 valence electrons. The minimum atomic E-state index is -3.76. The highest BCUT2D eigenvalue weighted by atomic mass is 32.2. The van der Waals surface area contributed by atoms with E-state index in [0.29, 0.717) is 11.4 Å². The van der Waals surface area contributed by atoms with E-state index in [1.807, 2.05) is 6.92 Å². The number of sulfonamides is 1. The first-order valence-corrected chi connectivity index (χ1v) is 14.8. The van der Waals surface area contributed by atoms with E-state index < -0.39 is 28.1 Å². The summed E-state index contributed by atoms with van der Waals surface area (Å²) in [7, 11) is -0.609. The highest BCUT2D eigenvalue weighted by molar-refractivity contribution is 7.91. The Labute approximate surface area is 232 Å². The number of aromatic nitrogens is 2. The van der Waals surface area contributed by atoms with Crippen LogP contribution >= 0.6 is 11.3 Å². The minimum Gasteiger partial charge on any atom is -0.486 e. The zero-order valence-corrected chi connectivity index (χ0v) is 24.1. The standard InChI is InChI=1S/C26H33N5O6S2/c1-16-13-31(18(3)15-32)26(34)19-8-6-9-20(27-25(33)21-12-17(2)28-30(21)5)24(19)37-22(16)14-29(4)39(35,36)23-10-7-11-38-23/h6-12,16,18,22,32H,13-15H2,1-5H3,(H,27,33)/t16-,18-,22-/m0/s1. The molecule has 0 saturated heterocycles. The number of aryl methyl sites for hydroxylation is 2. The van der Waals surface area contributed by atoms with Crippen molar-refractivity contribution in [3.05, 3.63) is 58.7 Å². The lowest BCUT2D eigenvalue weighted by atomic mass is 9.99. The zero-order chi connectivity index (χ0) is 28.5. The molecular formula is C26H33N5O6S2. The van der Waals surface area contributed by atoms with Crippen molar-refractivity contribution in [2.24, 2.45) is 13.0 Å². The highest BCUT2D eigenvalue weighted by Gasteiger charge is 2.36. The zero-order valence-electron chi connectivity index (χ0n) is 22.5. The predicted molar refractivity (Wildman–Crippen MR) is 148 cm³/mol. The van der Waals surface area contributed by atoms with Crippen LogP contribution in [0.4, 0.5) is 5.69 Å². The molecule has 0 bridgehead atoms. The fourth-order valence-electron chi connectivity index (χ4n) is 4.48. The summed E-state index contributed by atoms with van der Waals surface area (Å²) in [5.74, 6) is -0.972. The van der Waals surface area contributed by atoms with Gasteiger partial charge in [-0.05, 0) is 43.5 Å². The Morgan fingerprint density at radius 2 is 2.08 bits per heavy atom. The summed E-state index contributed by atoms with van der Waals surface area (Å²) < 4.78 is 35.7. The normalized spacial score (nSPS) is 18.7. The average Bonchev–Trinajstić information content (AvgIpc) is 3.56. The van der Waals surface area contributed by atoms with Gasteiger partial charge in [-0.3, -0.25) is 14.3 Å². The van der Waals surface area contributed by atoms with Gasteiger partial charge in [0.25, 0.3) is 21.8 Å². The van der Waals surface area contributed by atoms with E-state index in [4.69, 9.17) is 4.74 Å². The molecule has 3 atom stereocenters. The second kappa shape index (κ2) is 11.5. The number of nitrogens with zero attached hydrogens (tertiary/aromatic N) is 4. The van der Waals surface area contributed by atoms with Gasteiger partial charge in [-0.2, -0.15) is 9.40 Å². The molecule has 2 aromatic heterocycles. The summed E-state index contributed by atoms with van der Waals surface area (Å²) in [4.78, 5) is 28.3. The number of anilines is 1. The summed E-state index contributed by atoms with van der Waals surface area (Å²) in [6.45, 7) is 5.38. The van der Waals surface area contributed by atoms with E-state index in [1.165, 1.54) is 16.0 Å². The fourth-order valence-corrected chi connectivity index (χ4v) is 6.87. The molecule has 1 aliphatic rings. The van der Waals surface area contributed by atoms with E-state index in [9.17, 15) is 23.1 Å². The molecule has 0 radical (unpaired) electrons. The molecule has 0 spiro atoms. The molecule has 13 heteroatoms. The molecule has 0 fully saturated rings. The van der Waals surface area contributed by atoms with Crippen LogP contribution in [0.1, 0.15) is 40.4 Å². The Bertz CT molecular complexity index is 1450. The van der Waals surface area contributed by atoms with Crippen LogP contribution in [0.25, 0.3) is 0 Å². The third kappa shape index (κ3) is 5.86. The quantitative estimate of drug-likeness (QED) is 0.422. The Morgan fingerprint density at radius 3 is 2.69 bits per heavy atom. The number of nitrogens with one attached hydrogen (secondary N) is 1. The molecule has 2 N–H and O–H groups in total. The summed E-state index contributed by atoms with van der Waals surface area (Å²) in [6.07, 6.45) is -0.679. The van der Waals surface area contributed by atoms with Gasteiger partial charge >= 0.3 is 0 Å². The summed E-state index contributed by atoms with van der Waals surface area (Å²) in [5, 5.41) is 18.6. The molecule has 1 aromatic carbocycles. The van der Waals surface area contributed by atoms with Crippen molar-refractivity contribution in [1.29, 1.82) is 0 Å². The third-order valence-electron chi connectivity index (χ3n) is 6.77. The first-order valence-electron chi connectivity index (χ1n) is 12.5. The second-order valence-corrected chi connectivity index (χ2v) is 13.0. The number of fused-ring (bicyclic) bond motifs is 1. The molecular weight excluding hydrogens is 542 g/mol. The number of likely N-dealkylation sites (N-methyl/N-ethyl adjacent to an activating group) is 1. The lowest BCUT2D eigenvalue weighted by Gasteiger charge is -2.38. The average molecular weight is 576 g/mol. The monoisotopic (exact) mass is 575 g/mol. The van der Waals surface area contributed by atoms with Crippen molar-refractivity contribution >= 4 is 38.9 Å². The molecule has 11 nitrogen and oxygen atoms in total. The van der Waals surface area contributed by atoms with Gasteiger partial charge in [0.2, 0.25) is 0 Å². The van der Waals surface area contributed by atoms with E-state index in [2.05, 4.69) is 10.4 Å². The maximum atomic E-state index is 13.6. The smallest absolute Gasteiger partial charge is 0.274 e. The number of thiophene rings is 1. The molecule has 0 saturated carbocycles. The van der Waals surface area contributed by atoms with E-state index in [0.717, 1.165) is 11.3 Å². The lowest BCUT2D eigenvalue weighted by Crippen LogP contribution is -2.50. The van der Waals surface area contributed by atoms with Crippen molar-refractivity contribution in [2.75, 3.05) is 32.1 Å². The molecule has 0 aliphatic carbocycles. The van der Waals surface area contributed by atoms with Crippen LogP contribution in [0.2, 0.25) is 0 Å². The van der Waals surface area contributed by atoms with Gasteiger partial charge in [-0.1, -0.05) is 19.1 Å². The number of amides is 2. The Balaban J connectivity index is 1.74. The van der Waals surface area contributed by atoms with Gasteiger partial charge in [0.1, 0.15) is 16.0 Å². The predicted octanol–water partition coefficient (Wildman–Crippen LogP) is 2.58. The van der Waals surface area contributed by atoms with E-state index >= 15 is 0 Å². The fraction of sp³-hybridized carbons (Fsp3) is 0.423. The van der Waals surface area contributed by atoms with Gasteiger partial charge < -0.3 is 20.1 Å². The number of aliphatic hydroxyl groups excluding tert-OH is 1. The third-order valence-corrected chi connectivity index (χ3v) is 9.97. The Morgan fingerprint density at radius 1 is 1.33 bits per heavy atom. The first kappa shape index (κ1) is 28.7. The van der Waals surface area contributed by atoms with Crippen LogP contribution < -0.4 is 10.1 Å². The van der Waals surface area contributed by atoms with E-state index in [1.54, 1.807) is 67.6 Å². The Hall–Kier alpha value is -3.26. The van der Waals surface area contributed by atoms with E-state index in [-0.39, 0.29) is 52.7 Å². The lowest BCUT2D eigenvalue weighted by molar-refractivity contribution is 0.0388. The molecule has 0 unspecified atom stereocenters. The van der Waals surface area contributed by atoms with Crippen LogP contribution in [-0.2, 0) is 17.1 Å². The maximum Gasteiger partial charge on any atom is 0.274 e. The van der Waals surface area contributed by atoms with Gasteiger partial charge in [0.05, 0.1) is 36.1 Å². The Kier molecular flexibility index (Phi) is 8.45. The molecule has 3 aromatic rings. The van der Waals surface area contributed by atoms with Crippen molar-refractivity contribution < 1.29 is 27.9 Å². The van der Waals surface area contributed by atoms with Crippen molar-refractivity contribution in [2.45, 2.75) is 37.1 Å². The van der Waals surface area contributed by atoms with Crippen LogP contribution in [-0.4, -0.2) is 83.2 Å². The minimum absolute atomic E-state index is 0.000414.